The van der Waals surface area contributed by atoms with Crippen molar-refractivity contribution < 1.29 is 23.1 Å². The van der Waals surface area contributed by atoms with Gasteiger partial charge in [0, 0.05) is 25.1 Å². The molecule has 0 aliphatic rings. The maximum atomic E-state index is 11.6. The minimum absolute atomic E-state index is 0.290. The zero-order valence-corrected chi connectivity index (χ0v) is 12.4. The molecule has 112 valence electrons. The molecule has 6 nitrogen and oxygen atoms in total. The highest BCUT2D eigenvalue weighted by atomic mass is 32.2. The molecule has 7 heteroatoms. The van der Waals surface area contributed by atoms with Gasteiger partial charge in [-0.2, -0.15) is 0 Å². The van der Waals surface area contributed by atoms with E-state index in [0.717, 1.165) is 12.3 Å². The third-order valence-electron chi connectivity index (χ3n) is 2.47. The number of carbonyl (C=O) groups excluding carboxylic acids is 1. The standard InChI is InChI=1S/C14H15NO5S/c1-11(16)15(12-7-4-3-5-8-12)10-6-9-13(14(17)18)21(2,19)20/h3-10H,1-2H3,(H,17,18)/b10-6+,13-9+. The number of hydrogen-bond donors (Lipinski definition) is 1. The second kappa shape index (κ2) is 6.85. The van der Waals surface area contributed by atoms with Gasteiger partial charge in [0.05, 0.1) is 0 Å². The summed E-state index contributed by atoms with van der Waals surface area (Å²) in [6, 6.07) is 8.67. The molecule has 1 aromatic rings. The maximum absolute atomic E-state index is 11.6. The van der Waals surface area contributed by atoms with Crippen LogP contribution in [0.25, 0.3) is 0 Å². The maximum Gasteiger partial charge on any atom is 0.347 e. The van der Waals surface area contributed by atoms with Crippen LogP contribution in [0.5, 0.6) is 0 Å². The molecule has 0 saturated heterocycles. The minimum Gasteiger partial charge on any atom is -0.477 e. The van der Waals surface area contributed by atoms with Crippen LogP contribution < -0.4 is 4.90 Å². The number of anilines is 1. The number of nitrogens with zero attached hydrogens (tertiary/aromatic N) is 1. The number of rotatable bonds is 5. The highest BCUT2D eigenvalue weighted by molar-refractivity contribution is 7.95. The highest BCUT2D eigenvalue weighted by Gasteiger charge is 2.18. The van der Waals surface area contributed by atoms with Crippen LogP contribution in [0.4, 0.5) is 5.69 Å². The summed E-state index contributed by atoms with van der Waals surface area (Å²) in [7, 11) is -3.84. The molecule has 0 radical (unpaired) electrons. The van der Waals surface area contributed by atoms with Gasteiger partial charge in [0.15, 0.2) is 14.7 Å². The molecule has 1 N–H and O–H groups in total. The first-order valence-corrected chi connectivity index (χ1v) is 7.79. The van der Waals surface area contributed by atoms with Gasteiger partial charge < -0.3 is 5.11 Å². The van der Waals surface area contributed by atoms with Crippen LogP contribution >= 0.6 is 0 Å². The zero-order chi connectivity index (χ0) is 16.0. The molecular formula is C14H15NO5S. The molecule has 0 saturated carbocycles. The fourth-order valence-corrected chi connectivity index (χ4v) is 2.17. The zero-order valence-electron chi connectivity index (χ0n) is 11.6. The van der Waals surface area contributed by atoms with Crippen LogP contribution in [-0.2, 0) is 19.4 Å². The average Bonchev–Trinajstić information content (AvgIpc) is 2.37. The van der Waals surface area contributed by atoms with E-state index in [2.05, 4.69) is 0 Å². The lowest BCUT2D eigenvalue weighted by Gasteiger charge is -2.15. The first-order valence-electron chi connectivity index (χ1n) is 5.90. The van der Waals surface area contributed by atoms with Gasteiger partial charge in [0.25, 0.3) is 0 Å². The number of hydrogen-bond acceptors (Lipinski definition) is 4. The van der Waals surface area contributed by atoms with E-state index in [4.69, 9.17) is 5.11 Å². The largest absolute Gasteiger partial charge is 0.477 e. The van der Waals surface area contributed by atoms with E-state index in [1.54, 1.807) is 30.3 Å². The Morgan fingerprint density at radius 2 is 1.76 bits per heavy atom. The molecule has 0 unspecified atom stereocenters. The Balaban J connectivity index is 3.11. The average molecular weight is 309 g/mol. The molecule has 21 heavy (non-hydrogen) atoms. The van der Waals surface area contributed by atoms with Crippen molar-refractivity contribution in [2.45, 2.75) is 6.92 Å². The number of carbonyl (C=O) groups is 2. The van der Waals surface area contributed by atoms with Crippen molar-refractivity contribution >= 4 is 27.4 Å². The van der Waals surface area contributed by atoms with Crippen molar-refractivity contribution in [2.75, 3.05) is 11.2 Å². The van der Waals surface area contributed by atoms with Crippen molar-refractivity contribution in [2.24, 2.45) is 0 Å². The predicted octanol–water partition coefficient (Wildman–Crippen LogP) is 1.57. The first kappa shape index (κ1) is 16.6. The SMILES string of the molecule is CC(=O)N(/C=C/C=C(\C(=O)O)S(C)(=O)=O)c1ccccc1. The Morgan fingerprint density at radius 1 is 1.19 bits per heavy atom. The van der Waals surface area contributed by atoms with E-state index in [0.29, 0.717) is 5.69 Å². The number of amides is 1. The van der Waals surface area contributed by atoms with E-state index in [1.807, 2.05) is 0 Å². The lowest BCUT2D eigenvalue weighted by atomic mass is 10.3. The molecule has 1 aromatic carbocycles. The van der Waals surface area contributed by atoms with Gasteiger partial charge in [-0.1, -0.05) is 18.2 Å². The second-order valence-electron chi connectivity index (χ2n) is 4.17. The summed E-state index contributed by atoms with van der Waals surface area (Å²) in [5, 5.41) is 8.84. The van der Waals surface area contributed by atoms with E-state index in [-0.39, 0.29) is 5.91 Å². The van der Waals surface area contributed by atoms with Crippen molar-refractivity contribution in [1.29, 1.82) is 0 Å². The summed E-state index contributed by atoms with van der Waals surface area (Å²) in [5.74, 6) is -1.83. The van der Waals surface area contributed by atoms with Crippen molar-refractivity contribution in [3.05, 3.63) is 53.6 Å². The van der Waals surface area contributed by atoms with Gasteiger partial charge in [-0.25, -0.2) is 13.2 Å². The normalized spacial score (nSPS) is 12.4. The molecule has 0 aliphatic heterocycles. The molecule has 0 spiro atoms. The number of carboxylic acids is 1. The Labute approximate surface area is 122 Å². The van der Waals surface area contributed by atoms with Crippen molar-refractivity contribution in [3.63, 3.8) is 0 Å². The number of allylic oxidation sites excluding steroid dienone is 2. The molecule has 1 rings (SSSR count). The third-order valence-corrected chi connectivity index (χ3v) is 3.58. The van der Waals surface area contributed by atoms with Crippen molar-refractivity contribution in [3.8, 4) is 0 Å². The van der Waals surface area contributed by atoms with Crippen LogP contribution in [0.15, 0.2) is 53.6 Å². The Bertz CT molecular complexity index is 689. The lowest BCUT2D eigenvalue weighted by molar-refractivity contribution is -0.131. The summed E-state index contributed by atoms with van der Waals surface area (Å²) in [5.41, 5.74) is 0.589. The summed E-state index contributed by atoms with van der Waals surface area (Å²) < 4.78 is 22.6. The molecule has 0 aliphatic carbocycles. The van der Waals surface area contributed by atoms with Gasteiger partial charge >= 0.3 is 5.97 Å². The smallest absolute Gasteiger partial charge is 0.347 e. The van der Waals surface area contributed by atoms with E-state index < -0.39 is 20.7 Å². The van der Waals surface area contributed by atoms with E-state index >= 15 is 0 Å². The topological polar surface area (TPSA) is 91.8 Å². The molecule has 0 bridgehead atoms. The monoisotopic (exact) mass is 309 g/mol. The van der Waals surface area contributed by atoms with Gasteiger partial charge in [-0.15, -0.1) is 0 Å². The quantitative estimate of drug-likeness (QED) is 0.658. The minimum atomic E-state index is -3.84. The number of aliphatic carboxylic acids is 1. The van der Waals surface area contributed by atoms with Crippen LogP contribution in [0.2, 0.25) is 0 Å². The molecular weight excluding hydrogens is 294 g/mol. The number of para-hydroxylation sites is 1. The second-order valence-corrected chi connectivity index (χ2v) is 6.16. The van der Waals surface area contributed by atoms with Crippen LogP contribution in [0.3, 0.4) is 0 Å². The highest BCUT2D eigenvalue weighted by Crippen LogP contribution is 2.14. The van der Waals surface area contributed by atoms with Gasteiger partial charge in [-0.3, -0.25) is 9.69 Å². The molecule has 1 amide bonds. The Kier molecular flexibility index (Phi) is 5.43. The van der Waals surface area contributed by atoms with Crippen LogP contribution in [0.1, 0.15) is 6.92 Å². The van der Waals surface area contributed by atoms with Gasteiger partial charge in [-0.05, 0) is 24.3 Å². The third kappa shape index (κ3) is 4.88. The lowest BCUT2D eigenvalue weighted by Crippen LogP contribution is -2.21. The molecule has 0 atom stereocenters. The summed E-state index contributed by atoms with van der Waals surface area (Å²) >= 11 is 0. The molecule has 0 heterocycles. The molecule has 0 fully saturated rings. The number of carboxylic acid groups (broad SMARTS) is 1. The first-order chi connectivity index (χ1) is 9.73. The number of sulfone groups is 1. The Hall–Kier alpha value is -2.41. The van der Waals surface area contributed by atoms with Gasteiger partial charge in [0.2, 0.25) is 5.91 Å². The van der Waals surface area contributed by atoms with Crippen molar-refractivity contribution in [1.82, 2.24) is 0 Å². The molecule has 0 aromatic heterocycles. The fraction of sp³-hybridized carbons (Fsp3) is 0.143. The fourth-order valence-electron chi connectivity index (χ4n) is 1.53. The van der Waals surface area contributed by atoms with Crippen LogP contribution in [0, 0.1) is 0 Å². The Morgan fingerprint density at radius 3 is 2.19 bits per heavy atom. The van der Waals surface area contributed by atoms with E-state index in [1.165, 1.54) is 24.1 Å². The number of benzene rings is 1. The van der Waals surface area contributed by atoms with Crippen LogP contribution in [-0.4, -0.2) is 31.7 Å². The predicted molar refractivity (Wildman–Crippen MR) is 79.3 cm³/mol. The van der Waals surface area contributed by atoms with E-state index in [9.17, 15) is 18.0 Å². The summed E-state index contributed by atoms with van der Waals surface area (Å²) in [6.07, 6.45) is 4.27. The van der Waals surface area contributed by atoms with Gasteiger partial charge in [0.1, 0.15) is 0 Å². The summed E-state index contributed by atoms with van der Waals surface area (Å²) in [4.78, 5) is 23.0. The summed E-state index contributed by atoms with van der Waals surface area (Å²) in [6.45, 7) is 1.34.